The van der Waals surface area contributed by atoms with Gasteiger partial charge in [0.25, 0.3) is 0 Å². The number of nitrogens with zero attached hydrogens (tertiary/aromatic N) is 2. The molecule has 0 aromatic carbocycles. The SMILES string of the molecule is CCc1nn(C)c(CC2(CO)CCCOC2)c1Br. The Morgan fingerprint density at radius 3 is 2.83 bits per heavy atom. The van der Waals surface area contributed by atoms with Crippen LogP contribution in [0.15, 0.2) is 4.47 Å². The van der Waals surface area contributed by atoms with Crippen LogP contribution in [0.4, 0.5) is 0 Å². The number of ether oxygens (including phenoxy) is 1. The first-order chi connectivity index (χ1) is 8.62. The molecule has 0 bridgehead atoms. The van der Waals surface area contributed by atoms with Crippen molar-refractivity contribution in [3.8, 4) is 0 Å². The summed E-state index contributed by atoms with van der Waals surface area (Å²) in [5, 5.41) is 14.2. The predicted molar refractivity (Wildman–Crippen MR) is 73.6 cm³/mol. The maximum atomic E-state index is 9.72. The lowest BCUT2D eigenvalue weighted by atomic mass is 9.79. The summed E-state index contributed by atoms with van der Waals surface area (Å²) in [6, 6.07) is 0. The van der Waals surface area contributed by atoms with Crippen molar-refractivity contribution in [2.45, 2.75) is 32.6 Å². The molecular weight excluding hydrogens is 296 g/mol. The highest BCUT2D eigenvalue weighted by molar-refractivity contribution is 9.10. The highest BCUT2D eigenvalue weighted by atomic mass is 79.9. The zero-order chi connectivity index (χ0) is 13.2. The Labute approximate surface area is 116 Å². The normalized spacial score (nSPS) is 24.4. The first kappa shape index (κ1) is 14.0. The van der Waals surface area contributed by atoms with E-state index in [2.05, 4.69) is 28.0 Å². The Kier molecular flexibility index (Phi) is 4.45. The summed E-state index contributed by atoms with van der Waals surface area (Å²) >= 11 is 3.64. The predicted octanol–water partition coefficient (Wildman–Crippen LogP) is 2.08. The molecule has 1 aliphatic heterocycles. The Balaban J connectivity index is 2.24. The van der Waals surface area contributed by atoms with E-state index in [9.17, 15) is 5.11 Å². The average molecular weight is 317 g/mol. The smallest absolute Gasteiger partial charge is 0.0766 e. The second kappa shape index (κ2) is 5.72. The lowest BCUT2D eigenvalue weighted by Gasteiger charge is -2.35. The van der Waals surface area contributed by atoms with Gasteiger partial charge in [-0.3, -0.25) is 4.68 Å². The molecule has 1 aliphatic rings. The number of rotatable bonds is 4. The van der Waals surface area contributed by atoms with Gasteiger partial charge in [0, 0.05) is 25.5 Å². The molecule has 18 heavy (non-hydrogen) atoms. The quantitative estimate of drug-likeness (QED) is 0.925. The van der Waals surface area contributed by atoms with E-state index in [4.69, 9.17) is 4.74 Å². The molecule has 1 fully saturated rings. The molecule has 1 unspecified atom stereocenters. The summed E-state index contributed by atoms with van der Waals surface area (Å²) in [4.78, 5) is 0. The van der Waals surface area contributed by atoms with E-state index in [-0.39, 0.29) is 12.0 Å². The molecule has 102 valence electrons. The molecule has 5 heteroatoms. The molecule has 0 spiro atoms. The van der Waals surface area contributed by atoms with Crippen molar-refractivity contribution in [2.24, 2.45) is 12.5 Å². The van der Waals surface area contributed by atoms with E-state index in [1.165, 1.54) is 0 Å². The molecule has 1 aromatic rings. The van der Waals surface area contributed by atoms with E-state index >= 15 is 0 Å². The molecule has 1 saturated heterocycles. The Bertz CT molecular complexity index is 411. The molecule has 0 radical (unpaired) electrons. The fourth-order valence-electron chi connectivity index (χ4n) is 2.60. The summed E-state index contributed by atoms with van der Waals surface area (Å²) in [6.07, 6.45) is 3.77. The number of aryl methyl sites for hydroxylation is 2. The third kappa shape index (κ3) is 2.63. The van der Waals surface area contributed by atoms with E-state index in [0.29, 0.717) is 6.61 Å². The van der Waals surface area contributed by atoms with Crippen LogP contribution in [0.25, 0.3) is 0 Å². The molecule has 2 rings (SSSR count). The summed E-state index contributed by atoms with van der Waals surface area (Å²) in [7, 11) is 1.97. The fraction of sp³-hybridized carbons (Fsp3) is 0.769. The van der Waals surface area contributed by atoms with Crippen LogP contribution in [0, 0.1) is 5.41 Å². The summed E-state index contributed by atoms with van der Waals surface area (Å²) in [5.41, 5.74) is 2.10. The summed E-state index contributed by atoms with van der Waals surface area (Å²) in [6.45, 7) is 3.73. The van der Waals surface area contributed by atoms with Crippen LogP contribution in [0.2, 0.25) is 0 Å². The third-order valence-electron chi connectivity index (χ3n) is 3.78. The zero-order valence-electron chi connectivity index (χ0n) is 11.1. The van der Waals surface area contributed by atoms with Crippen LogP contribution in [0.1, 0.15) is 31.2 Å². The zero-order valence-corrected chi connectivity index (χ0v) is 12.7. The minimum absolute atomic E-state index is 0.139. The number of halogens is 1. The number of hydrogen-bond donors (Lipinski definition) is 1. The van der Waals surface area contributed by atoms with E-state index in [1.54, 1.807) is 0 Å². The second-order valence-electron chi connectivity index (χ2n) is 5.18. The fourth-order valence-corrected chi connectivity index (χ4v) is 3.35. The van der Waals surface area contributed by atoms with Gasteiger partial charge in [-0.05, 0) is 35.2 Å². The minimum Gasteiger partial charge on any atom is -0.396 e. The van der Waals surface area contributed by atoms with E-state index < -0.39 is 0 Å². The summed E-state index contributed by atoms with van der Waals surface area (Å²) in [5.74, 6) is 0. The van der Waals surface area contributed by atoms with Gasteiger partial charge in [0.05, 0.1) is 29.1 Å². The van der Waals surface area contributed by atoms with Gasteiger partial charge in [0.15, 0.2) is 0 Å². The highest BCUT2D eigenvalue weighted by Gasteiger charge is 2.34. The van der Waals surface area contributed by atoms with Gasteiger partial charge in [-0.2, -0.15) is 5.10 Å². The maximum Gasteiger partial charge on any atom is 0.0766 e. The van der Waals surface area contributed by atoms with Gasteiger partial charge in [0.1, 0.15) is 0 Å². The summed E-state index contributed by atoms with van der Waals surface area (Å²) < 4.78 is 8.57. The Morgan fingerprint density at radius 2 is 2.33 bits per heavy atom. The number of aromatic nitrogens is 2. The molecule has 0 saturated carbocycles. The van der Waals surface area contributed by atoms with Crippen LogP contribution in [0.5, 0.6) is 0 Å². The van der Waals surface area contributed by atoms with Gasteiger partial charge in [-0.1, -0.05) is 6.92 Å². The highest BCUT2D eigenvalue weighted by Crippen LogP contribution is 2.35. The Hall–Kier alpha value is -0.390. The van der Waals surface area contributed by atoms with E-state index in [1.807, 2.05) is 11.7 Å². The van der Waals surface area contributed by atoms with E-state index in [0.717, 1.165) is 48.2 Å². The van der Waals surface area contributed by atoms with Crippen molar-refractivity contribution in [3.63, 3.8) is 0 Å². The van der Waals surface area contributed by atoms with Gasteiger partial charge in [-0.15, -0.1) is 0 Å². The van der Waals surface area contributed by atoms with Crippen molar-refractivity contribution >= 4 is 15.9 Å². The number of hydrogen-bond acceptors (Lipinski definition) is 3. The largest absolute Gasteiger partial charge is 0.396 e. The number of aliphatic hydroxyl groups is 1. The van der Waals surface area contributed by atoms with Gasteiger partial charge < -0.3 is 9.84 Å². The van der Waals surface area contributed by atoms with Crippen LogP contribution < -0.4 is 0 Å². The average Bonchev–Trinajstić information content (AvgIpc) is 2.67. The van der Waals surface area contributed by atoms with Crippen molar-refractivity contribution in [3.05, 3.63) is 15.9 Å². The number of aliphatic hydroxyl groups excluding tert-OH is 1. The van der Waals surface area contributed by atoms with Crippen LogP contribution >= 0.6 is 15.9 Å². The molecule has 0 aliphatic carbocycles. The van der Waals surface area contributed by atoms with Crippen LogP contribution in [-0.4, -0.2) is 34.7 Å². The van der Waals surface area contributed by atoms with Gasteiger partial charge in [0.2, 0.25) is 0 Å². The maximum absolute atomic E-state index is 9.72. The van der Waals surface area contributed by atoms with Crippen molar-refractivity contribution in [1.29, 1.82) is 0 Å². The third-order valence-corrected chi connectivity index (χ3v) is 4.70. The van der Waals surface area contributed by atoms with Crippen LogP contribution in [-0.2, 0) is 24.6 Å². The standard InChI is InChI=1S/C13H21BrN2O2/c1-3-10-12(14)11(16(2)15-10)7-13(8-17)5-4-6-18-9-13/h17H,3-9H2,1-2H3. The topological polar surface area (TPSA) is 47.3 Å². The van der Waals surface area contributed by atoms with Crippen LogP contribution in [0.3, 0.4) is 0 Å². The van der Waals surface area contributed by atoms with Crippen molar-refractivity contribution in [1.82, 2.24) is 9.78 Å². The monoisotopic (exact) mass is 316 g/mol. The van der Waals surface area contributed by atoms with Crippen molar-refractivity contribution in [2.75, 3.05) is 19.8 Å². The molecule has 2 heterocycles. The van der Waals surface area contributed by atoms with Gasteiger partial charge in [-0.25, -0.2) is 0 Å². The van der Waals surface area contributed by atoms with Crippen molar-refractivity contribution < 1.29 is 9.84 Å². The molecule has 1 atom stereocenters. The molecular formula is C13H21BrN2O2. The lowest BCUT2D eigenvalue weighted by Crippen LogP contribution is -2.38. The van der Waals surface area contributed by atoms with Gasteiger partial charge >= 0.3 is 0 Å². The molecule has 1 N–H and O–H groups in total. The second-order valence-corrected chi connectivity index (χ2v) is 5.97. The minimum atomic E-state index is -0.139. The first-order valence-electron chi connectivity index (χ1n) is 6.51. The lowest BCUT2D eigenvalue weighted by molar-refractivity contribution is -0.0388. The molecule has 1 aromatic heterocycles. The molecule has 4 nitrogen and oxygen atoms in total. The Morgan fingerprint density at radius 1 is 1.56 bits per heavy atom. The molecule has 0 amide bonds. The first-order valence-corrected chi connectivity index (χ1v) is 7.30.